The first-order chi connectivity index (χ1) is 18.0. The van der Waals surface area contributed by atoms with Gasteiger partial charge in [0, 0.05) is 43.2 Å². The molecule has 1 fully saturated rings. The molecular weight excluding hydrogens is 553 g/mol. The van der Waals surface area contributed by atoms with Crippen LogP contribution in [0.25, 0.3) is 11.3 Å². The summed E-state index contributed by atoms with van der Waals surface area (Å²) in [5, 5.41) is 7.17. The fourth-order valence-corrected chi connectivity index (χ4v) is 6.45. The van der Waals surface area contributed by atoms with Crippen LogP contribution in [0.4, 0.5) is 13.2 Å². The summed E-state index contributed by atoms with van der Waals surface area (Å²) in [5.41, 5.74) is 0.340. The number of nitrogens with zero attached hydrogens (tertiary/aromatic N) is 3. The number of aryl methyl sites for hydroxylation is 1. The number of alkyl halides is 3. The summed E-state index contributed by atoms with van der Waals surface area (Å²) in [6.45, 7) is 8.85. The zero-order chi connectivity index (χ0) is 29.3. The van der Waals surface area contributed by atoms with Gasteiger partial charge in [0.1, 0.15) is 9.84 Å². The number of pyridine rings is 1. The fraction of sp³-hybridized carbons (Fsp3) is 0.667. The first-order valence-electron chi connectivity index (χ1n) is 13.3. The lowest BCUT2D eigenvalue weighted by molar-refractivity contribution is -0.211. The number of sulfone groups is 1. The summed E-state index contributed by atoms with van der Waals surface area (Å²) in [4.78, 5) is 17.4. The Bertz CT molecular complexity index is 1300. The van der Waals surface area contributed by atoms with Crippen LogP contribution in [0.5, 0.6) is 0 Å². The van der Waals surface area contributed by atoms with Gasteiger partial charge in [0.05, 0.1) is 21.4 Å². The molecule has 0 aliphatic heterocycles. The standard InChI is InChI=1S/C27H38ClF3N4O3S/c1-7-35-24(21-15-32-18(12-20(21)16(2)3)13-26(4,5)27(29,30)31)22(28)23(34-35)25(36)33-14-17-8-10-19(11-9-17)39(6,37)38/h12,15-17,19H,7-11,13-14H2,1-6H3,(H,33,36). The van der Waals surface area contributed by atoms with Crippen LogP contribution >= 0.6 is 11.6 Å². The maximum atomic E-state index is 13.5. The number of rotatable bonds is 9. The van der Waals surface area contributed by atoms with Crippen LogP contribution in [0.1, 0.15) is 88.0 Å². The van der Waals surface area contributed by atoms with E-state index in [-0.39, 0.29) is 34.2 Å². The number of halogens is 4. The SMILES string of the molecule is CCn1nc(C(=O)NCC2CCC(S(C)(=O)=O)CC2)c(Cl)c1-c1cnc(CC(C)(C)C(F)(F)F)cc1C(C)C. The third-order valence-corrected chi connectivity index (χ3v) is 9.66. The number of carbonyl (C=O) groups excluding carboxylic acids is 1. The van der Waals surface area contributed by atoms with Crippen LogP contribution in [-0.4, -0.2) is 53.3 Å². The predicted octanol–water partition coefficient (Wildman–Crippen LogP) is 6.21. The normalized spacial score (nSPS) is 18.9. The van der Waals surface area contributed by atoms with Gasteiger partial charge in [0.2, 0.25) is 0 Å². The highest BCUT2D eigenvalue weighted by molar-refractivity contribution is 7.91. The van der Waals surface area contributed by atoms with E-state index >= 15 is 0 Å². The Labute approximate surface area is 233 Å². The molecular formula is C27H38ClF3N4O3S. The second-order valence-corrected chi connectivity index (χ2v) is 14.2. The molecule has 0 radical (unpaired) electrons. The summed E-state index contributed by atoms with van der Waals surface area (Å²) in [6, 6.07) is 1.68. The molecule has 12 heteroatoms. The third kappa shape index (κ3) is 7.14. The number of nitrogens with one attached hydrogen (secondary N) is 1. The fourth-order valence-electron chi connectivity index (χ4n) is 5.00. The molecule has 0 spiro atoms. The van der Waals surface area contributed by atoms with Crippen molar-refractivity contribution in [1.82, 2.24) is 20.1 Å². The van der Waals surface area contributed by atoms with E-state index in [1.807, 2.05) is 20.8 Å². The molecule has 2 aromatic rings. The molecule has 39 heavy (non-hydrogen) atoms. The van der Waals surface area contributed by atoms with Crippen molar-refractivity contribution < 1.29 is 26.4 Å². The molecule has 1 aliphatic rings. The molecule has 7 nitrogen and oxygen atoms in total. The summed E-state index contributed by atoms with van der Waals surface area (Å²) in [5.74, 6) is -0.309. The third-order valence-electron chi connectivity index (χ3n) is 7.62. The molecule has 1 aliphatic carbocycles. The molecule has 0 aromatic carbocycles. The van der Waals surface area contributed by atoms with E-state index in [0.717, 1.165) is 19.4 Å². The number of amides is 1. The second kappa shape index (κ2) is 11.8. The highest BCUT2D eigenvalue weighted by Crippen LogP contribution is 2.41. The Hall–Kier alpha value is -2.14. The summed E-state index contributed by atoms with van der Waals surface area (Å²) in [7, 11) is -3.06. The van der Waals surface area contributed by atoms with Crippen LogP contribution in [0.15, 0.2) is 12.3 Å². The van der Waals surface area contributed by atoms with Crippen molar-refractivity contribution in [2.24, 2.45) is 11.3 Å². The smallest absolute Gasteiger partial charge is 0.350 e. The predicted molar refractivity (Wildman–Crippen MR) is 147 cm³/mol. The molecule has 0 saturated heterocycles. The van der Waals surface area contributed by atoms with Crippen LogP contribution < -0.4 is 5.32 Å². The largest absolute Gasteiger partial charge is 0.394 e. The van der Waals surface area contributed by atoms with Crippen molar-refractivity contribution >= 4 is 27.3 Å². The number of hydrogen-bond donors (Lipinski definition) is 1. The molecule has 2 aromatic heterocycles. The molecule has 1 N–H and O–H groups in total. The molecule has 1 amide bonds. The average molecular weight is 591 g/mol. The van der Waals surface area contributed by atoms with Crippen molar-refractivity contribution in [3.8, 4) is 11.3 Å². The van der Waals surface area contributed by atoms with Crippen molar-refractivity contribution in [2.45, 2.75) is 90.6 Å². The van der Waals surface area contributed by atoms with Crippen LogP contribution in [0.2, 0.25) is 5.02 Å². The van der Waals surface area contributed by atoms with Gasteiger partial charge in [0.25, 0.3) is 5.91 Å². The van der Waals surface area contributed by atoms with Crippen LogP contribution in [0.3, 0.4) is 0 Å². The minimum absolute atomic E-state index is 0.0497. The Morgan fingerprint density at radius 1 is 1.21 bits per heavy atom. The zero-order valence-corrected chi connectivity index (χ0v) is 24.9. The zero-order valence-electron chi connectivity index (χ0n) is 23.3. The van der Waals surface area contributed by atoms with E-state index in [4.69, 9.17) is 11.6 Å². The van der Waals surface area contributed by atoms with E-state index in [9.17, 15) is 26.4 Å². The van der Waals surface area contributed by atoms with Gasteiger partial charge in [-0.3, -0.25) is 14.5 Å². The van der Waals surface area contributed by atoms with Gasteiger partial charge in [-0.15, -0.1) is 0 Å². The van der Waals surface area contributed by atoms with E-state index < -0.39 is 27.3 Å². The average Bonchev–Trinajstić information content (AvgIpc) is 3.17. The van der Waals surface area contributed by atoms with E-state index in [0.29, 0.717) is 55.7 Å². The Kier molecular flexibility index (Phi) is 9.47. The minimum atomic E-state index is -4.37. The monoisotopic (exact) mass is 590 g/mol. The lowest BCUT2D eigenvalue weighted by Crippen LogP contribution is -2.34. The molecule has 0 unspecified atom stereocenters. The Balaban J connectivity index is 1.84. The molecule has 1 saturated carbocycles. The van der Waals surface area contributed by atoms with Crippen molar-refractivity contribution in [3.05, 3.63) is 34.2 Å². The molecule has 0 atom stereocenters. The van der Waals surface area contributed by atoms with Gasteiger partial charge < -0.3 is 5.32 Å². The highest BCUT2D eigenvalue weighted by Gasteiger charge is 2.47. The molecule has 218 valence electrons. The van der Waals surface area contributed by atoms with E-state index in [2.05, 4.69) is 15.4 Å². The van der Waals surface area contributed by atoms with Gasteiger partial charge in [-0.2, -0.15) is 18.3 Å². The number of carbonyl (C=O) groups is 1. The lowest BCUT2D eigenvalue weighted by Gasteiger charge is -2.27. The van der Waals surface area contributed by atoms with Gasteiger partial charge in [-0.05, 0) is 56.1 Å². The van der Waals surface area contributed by atoms with Crippen molar-refractivity contribution in [1.29, 1.82) is 0 Å². The quantitative estimate of drug-likeness (QED) is 0.375. The molecule has 2 heterocycles. The van der Waals surface area contributed by atoms with Gasteiger partial charge in [-0.1, -0.05) is 39.3 Å². The summed E-state index contributed by atoms with van der Waals surface area (Å²) >= 11 is 6.72. The highest BCUT2D eigenvalue weighted by atomic mass is 35.5. The van der Waals surface area contributed by atoms with Crippen molar-refractivity contribution in [3.63, 3.8) is 0 Å². The first kappa shape index (κ1) is 31.4. The minimum Gasteiger partial charge on any atom is -0.350 e. The Morgan fingerprint density at radius 3 is 2.33 bits per heavy atom. The number of aromatic nitrogens is 3. The summed E-state index contributed by atoms with van der Waals surface area (Å²) < 4.78 is 65.7. The number of hydrogen-bond acceptors (Lipinski definition) is 5. The van der Waals surface area contributed by atoms with Crippen LogP contribution in [0, 0.1) is 11.3 Å². The summed E-state index contributed by atoms with van der Waals surface area (Å²) in [6.07, 6.45) is 0.727. The maximum absolute atomic E-state index is 13.5. The topological polar surface area (TPSA) is 94.0 Å². The van der Waals surface area contributed by atoms with Crippen LogP contribution in [-0.2, 0) is 22.8 Å². The van der Waals surface area contributed by atoms with Crippen molar-refractivity contribution in [2.75, 3.05) is 12.8 Å². The van der Waals surface area contributed by atoms with Gasteiger partial charge >= 0.3 is 6.18 Å². The second-order valence-electron chi connectivity index (χ2n) is 11.5. The van der Waals surface area contributed by atoms with Gasteiger partial charge in [0.15, 0.2) is 5.69 Å². The molecule has 3 rings (SSSR count). The van der Waals surface area contributed by atoms with E-state index in [1.54, 1.807) is 10.7 Å². The Morgan fingerprint density at radius 2 is 1.82 bits per heavy atom. The molecule has 0 bridgehead atoms. The maximum Gasteiger partial charge on any atom is 0.394 e. The van der Waals surface area contributed by atoms with Gasteiger partial charge in [-0.25, -0.2) is 8.42 Å². The first-order valence-corrected chi connectivity index (χ1v) is 15.6. The van der Waals surface area contributed by atoms with E-state index in [1.165, 1.54) is 12.5 Å². The lowest BCUT2D eigenvalue weighted by atomic mass is 9.85.